The number of carbonyl (C=O) groups is 3. The average molecular weight is 599 g/mol. The van der Waals surface area contributed by atoms with Crippen LogP contribution < -0.4 is 15.4 Å². The van der Waals surface area contributed by atoms with E-state index in [1.165, 1.54) is 48.5 Å². The Morgan fingerprint density at radius 3 is 2.12 bits per heavy atom. The molecule has 0 saturated carbocycles. The molecule has 222 valence electrons. The van der Waals surface area contributed by atoms with Gasteiger partial charge in [-0.15, -0.1) is 0 Å². The van der Waals surface area contributed by atoms with Gasteiger partial charge in [0.15, 0.2) is 0 Å². The number of nitrogens with zero attached hydrogens (tertiary/aromatic N) is 3. The second-order valence-electron chi connectivity index (χ2n) is 9.15. The van der Waals surface area contributed by atoms with Gasteiger partial charge in [0.2, 0.25) is 17.8 Å². The van der Waals surface area contributed by atoms with Crippen molar-refractivity contribution >= 4 is 45.1 Å². The number of hydrogen-bond donors (Lipinski definition) is 3. The summed E-state index contributed by atoms with van der Waals surface area (Å²) < 4.78 is 32.7. The predicted octanol–water partition coefficient (Wildman–Crippen LogP) is 2.81. The fourth-order valence-corrected chi connectivity index (χ4v) is 4.75. The van der Waals surface area contributed by atoms with Crippen LogP contribution in [0.4, 0.5) is 17.3 Å². The standard InChI is InChI=1S/C27H30N6O8S/c1-4-41-26(36)23(16-19-5-9-21(10-6-19)33(37)38)31-25(35)14-13-24(34)30-20-7-11-22(12-8-20)42(39,40)32-27-28-17(2)15-18(3)29-27/h5-12,15,23H,4,13-14,16H2,1-3H3,(H,30,34)(H,31,35)(H,28,29,32)/t23-/m0/s1. The van der Waals surface area contributed by atoms with Crippen LogP contribution in [-0.2, 0) is 35.6 Å². The molecule has 2 aromatic carbocycles. The third-order valence-corrected chi connectivity index (χ3v) is 7.07. The first kappa shape index (κ1) is 31.6. The number of hydrogen-bond acceptors (Lipinski definition) is 10. The number of non-ortho nitro benzene ring substituents is 1. The highest BCUT2D eigenvalue weighted by Gasteiger charge is 2.23. The first-order valence-corrected chi connectivity index (χ1v) is 14.3. The Morgan fingerprint density at radius 2 is 1.55 bits per heavy atom. The van der Waals surface area contributed by atoms with Gasteiger partial charge in [-0.1, -0.05) is 12.1 Å². The summed E-state index contributed by atoms with van der Waals surface area (Å²) in [6.07, 6.45) is -0.423. The van der Waals surface area contributed by atoms with E-state index in [1.807, 2.05) is 0 Å². The molecule has 2 amide bonds. The molecule has 15 heteroatoms. The first-order valence-electron chi connectivity index (χ1n) is 12.8. The maximum Gasteiger partial charge on any atom is 0.328 e. The van der Waals surface area contributed by atoms with Crippen molar-refractivity contribution in [2.24, 2.45) is 0 Å². The van der Waals surface area contributed by atoms with Crippen molar-refractivity contribution in [1.29, 1.82) is 0 Å². The number of benzene rings is 2. The number of ether oxygens (including phenoxy) is 1. The normalized spacial score (nSPS) is 11.7. The number of nitrogens with one attached hydrogen (secondary N) is 3. The molecule has 0 fully saturated rings. The molecule has 3 aromatic rings. The molecule has 42 heavy (non-hydrogen) atoms. The molecule has 14 nitrogen and oxygen atoms in total. The maximum absolute atomic E-state index is 12.7. The van der Waals surface area contributed by atoms with Crippen molar-refractivity contribution < 1.29 is 32.5 Å². The minimum atomic E-state index is -3.97. The minimum Gasteiger partial charge on any atom is -0.464 e. The highest BCUT2D eigenvalue weighted by Crippen LogP contribution is 2.18. The second-order valence-corrected chi connectivity index (χ2v) is 10.8. The van der Waals surface area contributed by atoms with Crippen LogP contribution in [0.2, 0.25) is 0 Å². The molecule has 3 N–H and O–H groups in total. The summed E-state index contributed by atoms with van der Waals surface area (Å²) >= 11 is 0. The molecule has 1 heterocycles. The predicted molar refractivity (Wildman–Crippen MR) is 152 cm³/mol. The summed E-state index contributed by atoms with van der Waals surface area (Å²) in [4.78, 5) is 55.7. The zero-order valence-electron chi connectivity index (χ0n) is 23.1. The highest BCUT2D eigenvalue weighted by atomic mass is 32.2. The minimum absolute atomic E-state index is 0.0362. The number of amides is 2. The Kier molecular flexibility index (Phi) is 10.6. The molecule has 0 aliphatic heterocycles. The Hall–Kier alpha value is -4.92. The van der Waals surface area contributed by atoms with E-state index in [1.54, 1.807) is 26.8 Å². The molecular formula is C27H30N6O8S. The molecule has 0 spiro atoms. The molecule has 1 aromatic heterocycles. The van der Waals surface area contributed by atoms with E-state index < -0.39 is 38.8 Å². The van der Waals surface area contributed by atoms with Gasteiger partial charge in [0, 0.05) is 48.5 Å². The summed E-state index contributed by atoms with van der Waals surface area (Å²) in [6.45, 7) is 5.14. The summed E-state index contributed by atoms with van der Waals surface area (Å²) in [5.41, 5.74) is 1.98. The van der Waals surface area contributed by atoms with Gasteiger partial charge in [-0.05, 0) is 56.7 Å². The third kappa shape index (κ3) is 9.33. The summed E-state index contributed by atoms with van der Waals surface area (Å²) in [6, 6.07) is 11.6. The van der Waals surface area contributed by atoms with Crippen LogP contribution in [0.25, 0.3) is 0 Å². The van der Waals surface area contributed by atoms with Gasteiger partial charge >= 0.3 is 5.97 Å². The topological polar surface area (TPSA) is 200 Å². The molecular weight excluding hydrogens is 568 g/mol. The number of nitro groups is 1. The molecule has 3 rings (SSSR count). The van der Waals surface area contributed by atoms with Gasteiger partial charge in [0.05, 0.1) is 16.4 Å². The van der Waals surface area contributed by atoms with Crippen LogP contribution in [-0.4, -0.2) is 53.7 Å². The number of sulfonamides is 1. The molecule has 0 bridgehead atoms. The second kappa shape index (κ2) is 14.1. The zero-order chi connectivity index (χ0) is 30.9. The van der Waals surface area contributed by atoms with E-state index in [9.17, 15) is 32.9 Å². The van der Waals surface area contributed by atoms with Crippen molar-refractivity contribution in [2.75, 3.05) is 16.6 Å². The maximum atomic E-state index is 12.7. The molecule has 0 aliphatic carbocycles. The lowest BCUT2D eigenvalue weighted by atomic mass is 10.1. The monoisotopic (exact) mass is 598 g/mol. The summed E-state index contributed by atoms with van der Waals surface area (Å²) in [5.74, 6) is -1.82. The van der Waals surface area contributed by atoms with Gasteiger partial charge in [-0.25, -0.2) is 27.9 Å². The van der Waals surface area contributed by atoms with E-state index >= 15 is 0 Å². The van der Waals surface area contributed by atoms with E-state index in [0.29, 0.717) is 22.6 Å². The van der Waals surface area contributed by atoms with E-state index in [-0.39, 0.29) is 42.4 Å². The van der Waals surface area contributed by atoms with Crippen molar-refractivity contribution in [2.45, 2.75) is 51.0 Å². The largest absolute Gasteiger partial charge is 0.464 e. The Morgan fingerprint density at radius 1 is 0.952 bits per heavy atom. The van der Waals surface area contributed by atoms with Crippen LogP contribution in [0, 0.1) is 24.0 Å². The zero-order valence-corrected chi connectivity index (χ0v) is 23.9. The fraction of sp³-hybridized carbons (Fsp3) is 0.296. The van der Waals surface area contributed by atoms with Crippen molar-refractivity contribution in [3.63, 3.8) is 0 Å². The lowest BCUT2D eigenvalue weighted by Crippen LogP contribution is -2.43. The number of rotatable bonds is 13. The van der Waals surface area contributed by atoms with Crippen LogP contribution in [0.1, 0.15) is 36.7 Å². The van der Waals surface area contributed by atoms with Crippen LogP contribution in [0.15, 0.2) is 59.5 Å². The van der Waals surface area contributed by atoms with Crippen LogP contribution in [0.5, 0.6) is 0 Å². The highest BCUT2D eigenvalue weighted by molar-refractivity contribution is 7.92. The molecule has 0 aliphatic rings. The van der Waals surface area contributed by atoms with E-state index in [0.717, 1.165) is 0 Å². The van der Waals surface area contributed by atoms with Crippen LogP contribution in [0.3, 0.4) is 0 Å². The molecule has 0 radical (unpaired) electrons. The van der Waals surface area contributed by atoms with Gasteiger partial charge in [0.1, 0.15) is 6.04 Å². The number of aromatic nitrogens is 2. The average Bonchev–Trinajstić information content (AvgIpc) is 2.91. The summed E-state index contributed by atoms with van der Waals surface area (Å²) in [5, 5.41) is 16.0. The van der Waals surface area contributed by atoms with Crippen molar-refractivity contribution in [3.8, 4) is 0 Å². The number of nitro benzene ring substituents is 1. The smallest absolute Gasteiger partial charge is 0.328 e. The SMILES string of the molecule is CCOC(=O)[C@H](Cc1ccc([N+](=O)[O-])cc1)NC(=O)CCC(=O)Nc1ccc(S(=O)(=O)Nc2nc(C)cc(C)n2)cc1. The number of esters is 1. The Bertz CT molecular complexity index is 1540. The van der Waals surface area contributed by atoms with Crippen molar-refractivity contribution in [1.82, 2.24) is 15.3 Å². The Labute approximate surface area is 242 Å². The Balaban J connectivity index is 1.54. The summed E-state index contributed by atoms with van der Waals surface area (Å²) in [7, 11) is -3.97. The molecule has 0 saturated heterocycles. The van der Waals surface area contributed by atoms with Gasteiger partial charge in [0.25, 0.3) is 15.7 Å². The van der Waals surface area contributed by atoms with Gasteiger partial charge in [-0.2, -0.15) is 0 Å². The molecule has 1 atom stereocenters. The van der Waals surface area contributed by atoms with E-state index in [4.69, 9.17) is 4.74 Å². The van der Waals surface area contributed by atoms with E-state index in [2.05, 4.69) is 25.3 Å². The fourth-order valence-electron chi connectivity index (χ4n) is 3.81. The molecule has 0 unspecified atom stereocenters. The van der Waals surface area contributed by atoms with Gasteiger partial charge in [-0.3, -0.25) is 19.7 Å². The van der Waals surface area contributed by atoms with Crippen LogP contribution >= 0.6 is 0 Å². The van der Waals surface area contributed by atoms with Crippen molar-refractivity contribution in [3.05, 3.63) is 81.7 Å². The first-order chi connectivity index (χ1) is 19.9. The number of aryl methyl sites for hydroxylation is 2. The number of carbonyl (C=O) groups excluding carboxylic acids is 3. The lowest BCUT2D eigenvalue weighted by Gasteiger charge is -2.17. The number of anilines is 2. The lowest BCUT2D eigenvalue weighted by molar-refractivity contribution is -0.384. The quantitative estimate of drug-likeness (QED) is 0.149. The van der Waals surface area contributed by atoms with Gasteiger partial charge < -0.3 is 15.4 Å². The third-order valence-electron chi connectivity index (χ3n) is 5.73.